The van der Waals surface area contributed by atoms with Gasteiger partial charge in [-0.25, -0.2) is 0 Å². The first kappa shape index (κ1) is 14.1. The second-order valence-electron chi connectivity index (χ2n) is 4.70. The van der Waals surface area contributed by atoms with E-state index in [-0.39, 0.29) is 5.75 Å². The fourth-order valence-electron chi connectivity index (χ4n) is 2.32. The van der Waals surface area contributed by atoms with Crippen molar-refractivity contribution >= 4 is 0 Å². The summed E-state index contributed by atoms with van der Waals surface area (Å²) in [6.07, 6.45) is 1.09. The average Bonchev–Trinajstić information content (AvgIpc) is 3.15. The third kappa shape index (κ3) is 3.56. The van der Waals surface area contributed by atoms with Crippen molar-refractivity contribution in [2.75, 3.05) is 20.2 Å². The van der Waals surface area contributed by atoms with Crippen LogP contribution in [0.5, 0.6) is 11.5 Å². The molecule has 1 aliphatic rings. The molecule has 19 heavy (non-hydrogen) atoms. The van der Waals surface area contributed by atoms with Gasteiger partial charge in [0.05, 0.1) is 7.11 Å². The quantitative estimate of drug-likeness (QED) is 0.827. The summed E-state index contributed by atoms with van der Waals surface area (Å²) in [7, 11) is 1.44. The topological polar surface area (TPSA) is 30.5 Å². The van der Waals surface area contributed by atoms with Crippen LogP contribution in [-0.4, -0.2) is 26.8 Å². The Kier molecular flexibility index (Phi) is 4.58. The van der Waals surface area contributed by atoms with E-state index in [1.807, 2.05) is 6.07 Å². The number of hydrogen-bond donors (Lipinski definition) is 1. The Hall–Kier alpha value is -1.36. The molecule has 1 N–H and O–H groups in total. The van der Waals surface area contributed by atoms with Gasteiger partial charge in [0.2, 0.25) is 0 Å². The fraction of sp³-hybridized carbons (Fsp3) is 0.571. The lowest BCUT2D eigenvalue weighted by molar-refractivity contribution is -0.0512. The first-order valence-corrected chi connectivity index (χ1v) is 6.49. The summed E-state index contributed by atoms with van der Waals surface area (Å²) < 4.78 is 34.2. The molecule has 0 saturated heterocycles. The number of rotatable bonds is 7. The Morgan fingerprint density at radius 3 is 2.79 bits per heavy atom. The van der Waals surface area contributed by atoms with Crippen molar-refractivity contribution in [2.45, 2.75) is 25.9 Å². The Bertz CT molecular complexity index is 426. The third-order valence-corrected chi connectivity index (χ3v) is 3.41. The number of alkyl halides is 2. The van der Waals surface area contributed by atoms with Gasteiger partial charge >= 0.3 is 6.61 Å². The van der Waals surface area contributed by atoms with Gasteiger partial charge in [0.15, 0.2) is 11.5 Å². The fourth-order valence-corrected chi connectivity index (χ4v) is 2.32. The highest BCUT2D eigenvalue weighted by Gasteiger charge is 2.38. The van der Waals surface area contributed by atoms with E-state index >= 15 is 0 Å². The number of methoxy groups -OCH3 is 1. The van der Waals surface area contributed by atoms with Crippen LogP contribution in [0.1, 0.15) is 24.8 Å². The van der Waals surface area contributed by atoms with Crippen LogP contribution in [0.2, 0.25) is 0 Å². The normalized spacial score (nSPS) is 21.5. The minimum Gasteiger partial charge on any atom is -0.493 e. The van der Waals surface area contributed by atoms with Gasteiger partial charge in [-0.3, -0.25) is 0 Å². The average molecular weight is 271 g/mol. The molecule has 1 fully saturated rings. The summed E-state index contributed by atoms with van der Waals surface area (Å²) in [6.45, 7) is 1.16. The van der Waals surface area contributed by atoms with E-state index in [1.165, 1.54) is 7.11 Å². The molecule has 0 amide bonds. The van der Waals surface area contributed by atoms with Crippen molar-refractivity contribution in [2.24, 2.45) is 5.92 Å². The maximum Gasteiger partial charge on any atom is 0.387 e. The van der Waals surface area contributed by atoms with Crippen molar-refractivity contribution in [3.05, 3.63) is 23.8 Å². The molecule has 2 rings (SSSR count). The monoisotopic (exact) mass is 271 g/mol. The molecule has 2 atom stereocenters. The summed E-state index contributed by atoms with van der Waals surface area (Å²) in [5.41, 5.74) is 1.04. The van der Waals surface area contributed by atoms with Gasteiger partial charge < -0.3 is 14.8 Å². The van der Waals surface area contributed by atoms with E-state index < -0.39 is 6.61 Å². The highest BCUT2D eigenvalue weighted by molar-refractivity contribution is 5.45. The number of benzene rings is 1. The molecule has 5 heteroatoms. The van der Waals surface area contributed by atoms with Gasteiger partial charge in [0.1, 0.15) is 0 Å². The van der Waals surface area contributed by atoms with Gasteiger partial charge in [-0.2, -0.15) is 8.78 Å². The van der Waals surface area contributed by atoms with Crippen LogP contribution in [0.3, 0.4) is 0 Å². The van der Waals surface area contributed by atoms with Gasteiger partial charge in [-0.05, 0) is 49.0 Å². The summed E-state index contributed by atoms with van der Waals surface area (Å²) in [6, 6.07) is 5.28. The number of hydrogen-bond acceptors (Lipinski definition) is 3. The van der Waals surface area contributed by atoms with Gasteiger partial charge in [0, 0.05) is 0 Å². The molecule has 1 aromatic carbocycles. The summed E-state index contributed by atoms with van der Waals surface area (Å²) in [5.74, 6) is 1.48. The van der Waals surface area contributed by atoms with Crippen LogP contribution in [0.25, 0.3) is 0 Å². The molecular formula is C14H19F2NO2. The van der Waals surface area contributed by atoms with E-state index in [2.05, 4.69) is 17.0 Å². The number of halogens is 2. The minimum absolute atomic E-state index is 0.115. The predicted octanol–water partition coefficient (Wildman–Crippen LogP) is 3.01. The van der Waals surface area contributed by atoms with Crippen molar-refractivity contribution in [1.29, 1.82) is 0 Å². The van der Waals surface area contributed by atoms with E-state index in [0.717, 1.165) is 25.1 Å². The zero-order valence-corrected chi connectivity index (χ0v) is 11.2. The molecule has 3 nitrogen and oxygen atoms in total. The van der Waals surface area contributed by atoms with Crippen LogP contribution in [-0.2, 0) is 0 Å². The largest absolute Gasteiger partial charge is 0.493 e. The Morgan fingerprint density at radius 2 is 2.16 bits per heavy atom. The lowest BCUT2D eigenvalue weighted by Crippen LogP contribution is -2.16. The summed E-state index contributed by atoms with van der Waals surface area (Å²) in [5, 5.41) is 3.30. The van der Waals surface area contributed by atoms with Crippen molar-refractivity contribution in [1.82, 2.24) is 5.32 Å². The molecule has 1 aliphatic carbocycles. The highest BCUT2D eigenvalue weighted by atomic mass is 19.3. The zero-order valence-electron chi connectivity index (χ0n) is 11.2. The molecule has 0 radical (unpaired) electrons. The summed E-state index contributed by atoms with van der Waals surface area (Å²) >= 11 is 0. The van der Waals surface area contributed by atoms with E-state index in [1.54, 1.807) is 12.1 Å². The Labute approximate surface area is 111 Å². The molecular weight excluding hydrogens is 252 g/mol. The first-order chi connectivity index (χ1) is 9.15. The molecule has 0 aliphatic heterocycles. The molecule has 0 bridgehead atoms. The smallest absolute Gasteiger partial charge is 0.387 e. The molecule has 0 spiro atoms. The second-order valence-corrected chi connectivity index (χ2v) is 4.70. The van der Waals surface area contributed by atoms with E-state index in [4.69, 9.17) is 4.74 Å². The SMILES string of the molecule is CCNCC1CC1c1ccc(OC)c(OC(F)F)c1. The molecule has 1 saturated carbocycles. The third-order valence-electron chi connectivity index (χ3n) is 3.41. The van der Waals surface area contributed by atoms with Crippen LogP contribution in [0, 0.1) is 5.92 Å². The molecule has 0 heterocycles. The van der Waals surface area contributed by atoms with Gasteiger partial charge in [-0.1, -0.05) is 13.0 Å². The second kappa shape index (κ2) is 6.19. The molecule has 2 unspecified atom stereocenters. The van der Waals surface area contributed by atoms with Crippen LogP contribution in [0.15, 0.2) is 18.2 Å². The van der Waals surface area contributed by atoms with Crippen LogP contribution < -0.4 is 14.8 Å². The first-order valence-electron chi connectivity index (χ1n) is 6.49. The maximum absolute atomic E-state index is 12.3. The zero-order chi connectivity index (χ0) is 13.8. The molecule has 0 aromatic heterocycles. The van der Waals surface area contributed by atoms with Gasteiger partial charge in [-0.15, -0.1) is 0 Å². The lowest BCUT2D eigenvalue weighted by atomic mass is 10.1. The lowest BCUT2D eigenvalue weighted by Gasteiger charge is -2.11. The minimum atomic E-state index is -2.83. The van der Waals surface area contributed by atoms with Crippen molar-refractivity contribution in [3.8, 4) is 11.5 Å². The Morgan fingerprint density at radius 1 is 1.37 bits per heavy atom. The van der Waals surface area contributed by atoms with Crippen molar-refractivity contribution in [3.63, 3.8) is 0 Å². The number of ether oxygens (including phenoxy) is 2. The van der Waals surface area contributed by atoms with Crippen molar-refractivity contribution < 1.29 is 18.3 Å². The summed E-state index contributed by atoms with van der Waals surface area (Å²) in [4.78, 5) is 0. The molecule has 1 aromatic rings. The maximum atomic E-state index is 12.3. The van der Waals surface area contributed by atoms with E-state index in [9.17, 15) is 8.78 Å². The predicted molar refractivity (Wildman–Crippen MR) is 69.0 cm³/mol. The van der Waals surface area contributed by atoms with Crippen LogP contribution in [0.4, 0.5) is 8.78 Å². The molecule has 106 valence electrons. The number of nitrogens with one attached hydrogen (secondary N) is 1. The van der Waals surface area contributed by atoms with Crippen LogP contribution >= 0.6 is 0 Å². The van der Waals surface area contributed by atoms with Gasteiger partial charge in [0.25, 0.3) is 0 Å². The van der Waals surface area contributed by atoms with E-state index in [0.29, 0.717) is 17.6 Å². The Balaban J connectivity index is 2.06. The highest BCUT2D eigenvalue weighted by Crippen LogP contribution is 2.48. The standard InChI is InChI=1S/C14H19F2NO2/c1-3-17-8-10-6-11(10)9-4-5-12(18-2)13(7-9)19-14(15)16/h4-5,7,10-11,14,17H,3,6,8H2,1-2H3.